The largest absolute Gasteiger partial charge is 0.497 e. The maximum atomic E-state index is 5.53. The second-order valence-corrected chi connectivity index (χ2v) is 3.35. The van der Waals surface area contributed by atoms with Gasteiger partial charge in [0.2, 0.25) is 0 Å². The molecule has 0 bridgehead atoms. The lowest BCUT2D eigenvalue weighted by Gasteiger charge is -2.14. The normalized spacial score (nSPS) is 12.4. The molecule has 84 valence electrons. The molecule has 1 heterocycles. The van der Waals surface area contributed by atoms with Crippen molar-refractivity contribution in [2.45, 2.75) is 6.04 Å². The van der Waals surface area contributed by atoms with Crippen LogP contribution in [0.15, 0.2) is 36.7 Å². The first kappa shape index (κ1) is 10.7. The summed E-state index contributed by atoms with van der Waals surface area (Å²) in [5.41, 5.74) is 3.75. The molecule has 5 heteroatoms. The number of nitrogens with one attached hydrogen (secondary N) is 2. The molecule has 4 N–H and O–H groups in total. The van der Waals surface area contributed by atoms with Crippen LogP contribution < -0.4 is 16.0 Å². The van der Waals surface area contributed by atoms with Crippen LogP contribution in [0.5, 0.6) is 5.75 Å². The number of H-pyrrole nitrogens is 1. The molecule has 1 unspecified atom stereocenters. The monoisotopic (exact) mass is 218 g/mol. The summed E-state index contributed by atoms with van der Waals surface area (Å²) in [5, 5.41) is 0. The number of aromatic nitrogens is 2. The molecule has 0 radical (unpaired) electrons. The van der Waals surface area contributed by atoms with Gasteiger partial charge in [0, 0.05) is 12.4 Å². The number of rotatable bonds is 4. The summed E-state index contributed by atoms with van der Waals surface area (Å²) < 4.78 is 5.10. The van der Waals surface area contributed by atoms with Gasteiger partial charge in [-0.05, 0) is 17.7 Å². The number of nitrogens with two attached hydrogens (primary N) is 1. The lowest BCUT2D eigenvalue weighted by atomic mass is 10.1. The Kier molecular flexibility index (Phi) is 3.19. The Balaban J connectivity index is 2.27. The molecule has 0 aliphatic rings. The zero-order valence-corrected chi connectivity index (χ0v) is 8.97. The Hall–Kier alpha value is -1.85. The molecule has 0 fully saturated rings. The van der Waals surface area contributed by atoms with Gasteiger partial charge in [0.25, 0.3) is 0 Å². The molecule has 0 saturated heterocycles. The highest BCUT2D eigenvalue weighted by atomic mass is 16.5. The number of hydrogen-bond acceptors (Lipinski definition) is 4. The van der Waals surface area contributed by atoms with Gasteiger partial charge in [-0.2, -0.15) is 0 Å². The number of aromatic amines is 1. The van der Waals surface area contributed by atoms with Gasteiger partial charge in [0.05, 0.1) is 7.11 Å². The number of imidazole rings is 1. The molecule has 0 spiro atoms. The van der Waals surface area contributed by atoms with Crippen LogP contribution in [0.2, 0.25) is 0 Å². The first-order valence-corrected chi connectivity index (χ1v) is 4.94. The van der Waals surface area contributed by atoms with Crippen LogP contribution in [0.1, 0.15) is 17.4 Å². The van der Waals surface area contributed by atoms with Gasteiger partial charge in [-0.15, -0.1) is 0 Å². The van der Waals surface area contributed by atoms with Crippen molar-refractivity contribution in [1.29, 1.82) is 0 Å². The Morgan fingerprint density at radius 2 is 2.12 bits per heavy atom. The second-order valence-electron chi connectivity index (χ2n) is 3.35. The highest BCUT2D eigenvalue weighted by molar-refractivity contribution is 5.31. The third-order valence-electron chi connectivity index (χ3n) is 2.41. The molecule has 0 aliphatic heterocycles. The average Bonchev–Trinajstić information content (AvgIpc) is 2.85. The zero-order valence-electron chi connectivity index (χ0n) is 8.97. The van der Waals surface area contributed by atoms with Crippen molar-refractivity contribution in [3.63, 3.8) is 0 Å². The standard InChI is InChI=1S/C11H14N4O/c1-16-9-4-2-8(3-5-9)10(15-12)11-13-6-7-14-11/h2-7,10,15H,12H2,1H3,(H,13,14). The van der Waals surface area contributed by atoms with Crippen molar-refractivity contribution in [3.05, 3.63) is 48.0 Å². The van der Waals surface area contributed by atoms with Gasteiger partial charge < -0.3 is 9.72 Å². The first-order valence-electron chi connectivity index (χ1n) is 4.94. The van der Waals surface area contributed by atoms with Crippen LogP contribution in [0.3, 0.4) is 0 Å². The molecule has 16 heavy (non-hydrogen) atoms. The molecule has 2 aromatic rings. The molecule has 1 aromatic carbocycles. The molecule has 1 atom stereocenters. The maximum Gasteiger partial charge on any atom is 0.129 e. The maximum absolute atomic E-state index is 5.53. The molecule has 0 aliphatic carbocycles. The number of hydrogen-bond donors (Lipinski definition) is 3. The molecular formula is C11H14N4O. The fourth-order valence-corrected chi connectivity index (χ4v) is 1.56. The van der Waals surface area contributed by atoms with Crippen molar-refractivity contribution < 1.29 is 4.74 Å². The predicted octanol–water partition coefficient (Wildman–Crippen LogP) is 0.971. The van der Waals surface area contributed by atoms with Crippen LogP contribution in [0.25, 0.3) is 0 Å². The Morgan fingerprint density at radius 1 is 1.38 bits per heavy atom. The lowest BCUT2D eigenvalue weighted by molar-refractivity contribution is 0.414. The van der Waals surface area contributed by atoms with E-state index in [4.69, 9.17) is 10.6 Å². The van der Waals surface area contributed by atoms with Crippen molar-refractivity contribution in [1.82, 2.24) is 15.4 Å². The van der Waals surface area contributed by atoms with Gasteiger partial charge in [-0.1, -0.05) is 12.1 Å². The number of ether oxygens (including phenoxy) is 1. The van der Waals surface area contributed by atoms with Crippen molar-refractivity contribution >= 4 is 0 Å². The van der Waals surface area contributed by atoms with Gasteiger partial charge in [-0.3, -0.25) is 5.84 Å². The number of hydrazine groups is 1. The smallest absolute Gasteiger partial charge is 0.129 e. The van der Waals surface area contributed by atoms with Crippen molar-refractivity contribution in [3.8, 4) is 5.75 Å². The van der Waals surface area contributed by atoms with Gasteiger partial charge in [-0.25, -0.2) is 10.4 Å². The fraction of sp³-hybridized carbons (Fsp3) is 0.182. The minimum Gasteiger partial charge on any atom is -0.497 e. The van der Waals surface area contributed by atoms with E-state index in [-0.39, 0.29) is 6.04 Å². The Morgan fingerprint density at radius 3 is 2.62 bits per heavy atom. The first-order chi connectivity index (χ1) is 7.85. The summed E-state index contributed by atoms with van der Waals surface area (Å²) in [5.74, 6) is 7.13. The van der Waals surface area contributed by atoms with Crippen LogP contribution in [-0.4, -0.2) is 17.1 Å². The number of methoxy groups -OCH3 is 1. The zero-order chi connectivity index (χ0) is 11.4. The molecule has 2 rings (SSSR count). The van der Waals surface area contributed by atoms with E-state index >= 15 is 0 Å². The molecule has 0 saturated carbocycles. The van der Waals surface area contributed by atoms with E-state index in [0.717, 1.165) is 17.1 Å². The topological polar surface area (TPSA) is 76.0 Å². The average molecular weight is 218 g/mol. The van der Waals surface area contributed by atoms with Crippen LogP contribution in [0.4, 0.5) is 0 Å². The van der Waals surface area contributed by atoms with E-state index < -0.39 is 0 Å². The fourth-order valence-electron chi connectivity index (χ4n) is 1.56. The summed E-state index contributed by atoms with van der Waals surface area (Å²) in [7, 11) is 1.64. The summed E-state index contributed by atoms with van der Waals surface area (Å²) in [4.78, 5) is 7.21. The highest BCUT2D eigenvalue weighted by Crippen LogP contribution is 2.20. The van der Waals surface area contributed by atoms with E-state index in [2.05, 4.69) is 15.4 Å². The molecule has 1 aromatic heterocycles. The number of benzene rings is 1. The van der Waals surface area contributed by atoms with Gasteiger partial charge in [0.15, 0.2) is 0 Å². The number of nitrogens with zero attached hydrogens (tertiary/aromatic N) is 1. The van der Waals surface area contributed by atoms with E-state index in [9.17, 15) is 0 Å². The summed E-state index contributed by atoms with van der Waals surface area (Å²) in [6.07, 6.45) is 3.46. The van der Waals surface area contributed by atoms with E-state index in [1.54, 1.807) is 19.5 Å². The summed E-state index contributed by atoms with van der Waals surface area (Å²) in [6.45, 7) is 0. The van der Waals surface area contributed by atoms with Crippen LogP contribution >= 0.6 is 0 Å². The van der Waals surface area contributed by atoms with Crippen LogP contribution in [-0.2, 0) is 0 Å². The SMILES string of the molecule is COc1ccc(C(NN)c2ncc[nH]2)cc1. The molecule has 5 nitrogen and oxygen atoms in total. The third-order valence-corrected chi connectivity index (χ3v) is 2.41. The predicted molar refractivity (Wildman–Crippen MR) is 60.7 cm³/mol. The quantitative estimate of drug-likeness (QED) is 0.528. The molecule has 0 amide bonds. The summed E-state index contributed by atoms with van der Waals surface area (Å²) in [6, 6.07) is 7.55. The van der Waals surface area contributed by atoms with E-state index in [1.165, 1.54) is 0 Å². The van der Waals surface area contributed by atoms with Gasteiger partial charge >= 0.3 is 0 Å². The van der Waals surface area contributed by atoms with Crippen LogP contribution in [0, 0.1) is 0 Å². The Labute approximate surface area is 93.6 Å². The lowest BCUT2D eigenvalue weighted by Crippen LogP contribution is -2.29. The summed E-state index contributed by atoms with van der Waals surface area (Å²) >= 11 is 0. The molecular weight excluding hydrogens is 204 g/mol. The minimum absolute atomic E-state index is 0.138. The van der Waals surface area contributed by atoms with E-state index in [1.807, 2.05) is 24.3 Å². The minimum atomic E-state index is -0.138. The van der Waals surface area contributed by atoms with Crippen molar-refractivity contribution in [2.24, 2.45) is 5.84 Å². The van der Waals surface area contributed by atoms with Crippen molar-refractivity contribution in [2.75, 3.05) is 7.11 Å². The van der Waals surface area contributed by atoms with E-state index in [0.29, 0.717) is 0 Å². The third kappa shape index (κ3) is 2.05. The second kappa shape index (κ2) is 4.78. The Bertz CT molecular complexity index is 424. The highest BCUT2D eigenvalue weighted by Gasteiger charge is 2.14. The van der Waals surface area contributed by atoms with Gasteiger partial charge in [0.1, 0.15) is 17.6 Å².